The van der Waals surface area contributed by atoms with E-state index >= 15 is 0 Å². The summed E-state index contributed by atoms with van der Waals surface area (Å²) < 4.78 is 0. The first-order valence-corrected chi connectivity index (χ1v) is 6.88. The minimum atomic E-state index is 0.928. The van der Waals surface area contributed by atoms with Crippen LogP contribution in [0.5, 0.6) is 0 Å². The Kier molecular flexibility index (Phi) is 4.43. The van der Waals surface area contributed by atoms with E-state index in [-0.39, 0.29) is 0 Å². The molecule has 0 bridgehead atoms. The Morgan fingerprint density at radius 2 is 2.12 bits per heavy atom. The lowest BCUT2D eigenvalue weighted by Crippen LogP contribution is -2.46. The second-order valence-corrected chi connectivity index (χ2v) is 5.01. The van der Waals surface area contributed by atoms with Gasteiger partial charge in [-0.2, -0.15) is 0 Å². The van der Waals surface area contributed by atoms with E-state index in [4.69, 9.17) is 0 Å². The van der Waals surface area contributed by atoms with Crippen LogP contribution in [-0.2, 0) is 6.54 Å². The zero-order chi connectivity index (χ0) is 12.1. The highest BCUT2D eigenvalue weighted by Gasteiger charge is 2.25. The van der Waals surface area contributed by atoms with Crippen molar-refractivity contribution in [2.45, 2.75) is 33.2 Å². The van der Waals surface area contributed by atoms with Gasteiger partial charge >= 0.3 is 0 Å². The van der Waals surface area contributed by atoms with Crippen LogP contribution in [0.15, 0.2) is 24.3 Å². The van der Waals surface area contributed by atoms with Crippen LogP contribution in [0.2, 0.25) is 0 Å². The molecule has 0 spiro atoms. The topological polar surface area (TPSA) is 15.3 Å². The van der Waals surface area contributed by atoms with Gasteiger partial charge in [0.15, 0.2) is 0 Å². The number of hydrogen-bond acceptors (Lipinski definition) is 2. The maximum atomic E-state index is 3.38. The summed E-state index contributed by atoms with van der Waals surface area (Å²) in [7, 11) is 0. The van der Waals surface area contributed by atoms with Crippen molar-refractivity contribution in [1.29, 1.82) is 0 Å². The van der Waals surface area contributed by atoms with E-state index < -0.39 is 0 Å². The van der Waals surface area contributed by atoms with Crippen molar-refractivity contribution in [2.75, 3.05) is 24.5 Å². The van der Waals surface area contributed by atoms with Gasteiger partial charge in [0.1, 0.15) is 0 Å². The summed E-state index contributed by atoms with van der Waals surface area (Å²) in [5.41, 5.74) is 2.79. The molecular formula is C15H24N2. The molecule has 1 aliphatic heterocycles. The van der Waals surface area contributed by atoms with Crippen molar-refractivity contribution < 1.29 is 0 Å². The summed E-state index contributed by atoms with van der Waals surface area (Å²) in [5.74, 6) is 0.928. The van der Waals surface area contributed by atoms with Gasteiger partial charge in [-0.25, -0.2) is 0 Å². The Labute approximate surface area is 105 Å². The van der Waals surface area contributed by atoms with Crippen LogP contribution in [0.1, 0.15) is 32.3 Å². The molecule has 2 nitrogen and oxygen atoms in total. The van der Waals surface area contributed by atoms with Crippen molar-refractivity contribution in [1.82, 2.24) is 5.32 Å². The fraction of sp³-hybridized carbons (Fsp3) is 0.600. The molecule has 1 fully saturated rings. The summed E-state index contributed by atoms with van der Waals surface area (Å²) >= 11 is 0. The summed E-state index contributed by atoms with van der Waals surface area (Å²) in [6, 6.07) is 8.94. The standard InChI is InChI=1S/C15H24N2/c1-3-6-14-11-17(12-14)15-8-5-7-13(9-15)10-16-4-2/h5,7-9,14,16H,3-4,6,10-12H2,1-2H3. The van der Waals surface area contributed by atoms with Crippen molar-refractivity contribution in [3.63, 3.8) is 0 Å². The average Bonchev–Trinajstić information content (AvgIpc) is 2.31. The zero-order valence-corrected chi connectivity index (χ0v) is 11.1. The molecule has 0 aliphatic carbocycles. The predicted octanol–water partition coefficient (Wildman–Crippen LogP) is 3.03. The molecule has 0 radical (unpaired) electrons. The highest BCUT2D eigenvalue weighted by Crippen LogP contribution is 2.27. The molecule has 1 N–H and O–H groups in total. The van der Waals surface area contributed by atoms with Gasteiger partial charge in [0.2, 0.25) is 0 Å². The lowest BCUT2D eigenvalue weighted by atomic mass is 9.94. The lowest BCUT2D eigenvalue weighted by molar-refractivity contribution is 0.380. The Morgan fingerprint density at radius 1 is 1.29 bits per heavy atom. The molecule has 0 amide bonds. The molecule has 0 aromatic heterocycles. The number of rotatable bonds is 6. The molecule has 0 unspecified atom stereocenters. The third-order valence-electron chi connectivity index (χ3n) is 3.51. The Hall–Kier alpha value is -1.02. The van der Waals surface area contributed by atoms with Crippen LogP contribution in [0.25, 0.3) is 0 Å². The van der Waals surface area contributed by atoms with E-state index in [1.54, 1.807) is 0 Å². The molecule has 1 aliphatic rings. The van der Waals surface area contributed by atoms with Crippen LogP contribution < -0.4 is 10.2 Å². The Balaban J connectivity index is 1.89. The molecule has 94 valence electrons. The molecule has 0 atom stereocenters. The van der Waals surface area contributed by atoms with Crippen molar-refractivity contribution in [3.8, 4) is 0 Å². The van der Waals surface area contributed by atoms with Crippen LogP contribution in [0.3, 0.4) is 0 Å². The fourth-order valence-electron chi connectivity index (χ4n) is 2.50. The fourth-order valence-corrected chi connectivity index (χ4v) is 2.50. The van der Waals surface area contributed by atoms with Gasteiger partial charge in [-0.3, -0.25) is 0 Å². The zero-order valence-electron chi connectivity index (χ0n) is 11.1. The molecule has 2 rings (SSSR count). The minimum Gasteiger partial charge on any atom is -0.371 e. The van der Waals surface area contributed by atoms with Crippen LogP contribution in [0, 0.1) is 5.92 Å². The smallest absolute Gasteiger partial charge is 0.0369 e. The number of anilines is 1. The molecule has 1 saturated heterocycles. The van der Waals surface area contributed by atoms with Gasteiger partial charge in [0.25, 0.3) is 0 Å². The molecule has 1 aromatic rings. The van der Waals surface area contributed by atoms with E-state index in [1.165, 1.54) is 37.2 Å². The summed E-state index contributed by atoms with van der Waals surface area (Å²) in [4.78, 5) is 2.50. The summed E-state index contributed by atoms with van der Waals surface area (Å²) in [6.45, 7) is 8.94. The Morgan fingerprint density at radius 3 is 2.82 bits per heavy atom. The quantitative estimate of drug-likeness (QED) is 0.811. The average molecular weight is 232 g/mol. The van der Waals surface area contributed by atoms with E-state index in [0.29, 0.717) is 0 Å². The minimum absolute atomic E-state index is 0.928. The normalized spacial score (nSPS) is 16.0. The molecular weight excluding hydrogens is 208 g/mol. The van der Waals surface area contributed by atoms with Gasteiger partial charge in [0.05, 0.1) is 0 Å². The second-order valence-electron chi connectivity index (χ2n) is 5.01. The molecule has 17 heavy (non-hydrogen) atoms. The van der Waals surface area contributed by atoms with E-state index in [2.05, 4.69) is 48.3 Å². The molecule has 1 heterocycles. The third kappa shape index (κ3) is 3.22. The third-order valence-corrected chi connectivity index (χ3v) is 3.51. The largest absolute Gasteiger partial charge is 0.371 e. The SMILES string of the molecule is CCCC1CN(c2cccc(CNCC)c2)C1. The molecule has 0 saturated carbocycles. The lowest BCUT2D eigenvalue weighted by Gasteiger charge is -2.41. The van der Waals surface area contributed by atoms with Crippen molar-refractivity contribution in [3.05, 3.63) is 29.8 Å². The van der Waals surface area contributed by atoms with Gasteiger partial charge in [0, 0.05) is 25.3 Å². The van der Waals surface area contributed by atoms with Crippen LogP contribution in [-0.4, -0.2) is 19.6 Å². The Bertz CT molecular complexity index is 343. The van der Waals surface area contributed by atoms with Gasteiger partial charge in [-0.15, -0.1) is 0 Å². The summed E-state index contributed by atoms with van der Waals surface area (Å²) in [5, 5.41) is 3.38. The highest BCUT2D eigenvalue weighted by atomic mass is 15.2. The van der Waals surface area contributed by atoms with Gasteiger partial charge < -0.3 is 10.2 Å². The molecule has 2 heteroatoms. The first kappa shape index (κ1) is 12.4. The number of benzene rings is 1. The first-order chi connectivity index (χ1) is 8.33. The number of nitrogens with one attached hydrogen (secondary N) is 1. The van der Waals surface area contributed by atoms with Crippen molar-refractivity contribution in [2.24, 2.45) is 5.92 Å². The first-order valence-electron chi connectivity index (χ1n) is 6.88. The predicted molar refractivity (Wildman–Crippen MR) is 74.4 cm³/mol. The number of hydrogen-bond donors (Lipinski definition) is 1. The van der Waals surface area contributed by atoms with Gasteiger partial charge in [-0.05, 0) is 36.6 Å². The number of nitrogens with zero attached hydrogens (tertiary/aromatic N) is 1. The van der Waals surface area contributed by atoms with E-state index in [1.807, 2.05) is 0 Å². The maximum Gasteiger partial charge on any atom is 0.0369 e. The monoisotopic (exact) mass is 232 g/mol. The highest BCUT2D eigenvalue weighted by molar-refractivity contribution is 5.50. The van der Waals surface area contributed by atoms with Crippen molar-refractivity contribution >= 4 is 5.69 Å². The van der Waals surface area contributed by atoms with E-state index in [9.17, 15) is 0 Å². The van der Waals surface area contributed by atoms with Gasteiger partial charge in [-0.1, -0.05) is 32.4 Å². The van der Waals surface area contributed by atoms with Crippen LogP contribution in [0.4, 0.5) is 5.69 Å². The summed E-state index contributed by atoms with van der Waals surface area (Å²) in [6.07, 6.45) is 2.70. The molecule has 1 aromatic carbocycles. The second kappa shape index (κ2) is 6.06. The maximum absolute atomic E-state index is 3.38. The van der Waals surface area contributed by atoms with Crippen LogP contribution >= 0.6 is 0 Å². The van der Waals surface area contributed by atoms with E-state index in [0.717, 1.165) is 19.0 Å².